The Bertz CT molecular complexity index is 252. The quantitative estimate of drug-likeness (QED) is 0.222. The standard InChI is InChI=1S/C7H13O5P.Na/c1-6(2)7(8)12-4-5-13(9,10)11-3;/h1,4-5H2,2-3H3,(H,9,10);/q;+1/p-1. The van der Waals surface area contributed by atoms with Gasteiger partial charge in [-0.15, -0.1) is 0 Å². The van der Waals surface area contributed by atoms with Crippen molar-refractivity contribution in [3.63, 3.8) is 0 Å². The van der Waals surface area contributed by atoms with Crippen LogP contribution in [-0.2, 0) is 18.6 Å². The van der Waals surface area contributed by atoms with Crippen molar-refractivity contribution in [2.75, 3.05) is 19.9 Å². The second kappa shape index (κ2) is 7.63. The Morgan fingerprint density at radius 3 is 2.43 bits per heavy atom. The van der Waals surface area contributed by atoms with Gasteiger partial charge in [-0.05, 0) is 6.92 Å². The van der Waals surface area contributed by atoms with Crippen LogP contribution in [-0.4, -0.2) is 25.8 Å². The van der Waals surface area contributed by atoms with Crippen molar-refractivity contribution in [2.45, 2.75) is 6.92 Å². The Labute approximate surface area is 105 Å². The molecule has 0 spiro atoms. The number of carbonyl (C=O) groups is 1. The first-order chi connectivity index (χ1) is 5.89. The summed E-state index contributed by atoms with van der Waals surface area (Å²) in [4.78, 5) is 21.5. The maximum Gasteiger partial charge on any atom is 1.00 e. The van der Waals surface area contributed by atoms with Gasteiger partial charge in [-0.2, -0.15) is 0 Å². The summed E-state index contributed by atoms with van der Waals surface area (Å²) in [6, 6.07) is 0. The minimum absolute atomic E-state index is 0. The molecule has 1 atom stereocenters. The summed E-state index contributed by atoms with van der Waals surface area (Å²) in [6.07, 6.45) is -0.317. The molecule has 0 heterocycles. The van der Waals surface area contributed by atoms with Crippen molar-refractivity contribution in [2.24, 2.45) is 0 Å². The third-order valence-corrected chi connectivity index (χ3v) is 2.51. The molecule has 0 aromatic heterocycles. The number of hydrogen-bond acceptors (Lipinski definition) is 5. The molecule has 76 valence electrons. The third kappa shape index (κ3) is 7.74. The Balaban J connectivity index is 0. The molecule has 0 aromatic rings. The monoisotopic (exact) mass is 230 g/mol. The maximum absolute atomic E-state index is 10.8. The van der Waals surface area contributed by atoms with E-state index in [0.29, 0.717) is 0 Å². The molecule has 0 N–H and O–H groups in total. The minimum Gasteiger partial charge on any atom is -0.778 e. The van der Waals surface area contributed by atoms with Gasteiger partial charge in [0, 0.05) is 18.8 Å². The molecule has 0 saturated heterocycles. The van der Waals surface area contributed by atoms with E-state index in [1.165, 1.54) is 6.92 Å². The summed E-state index contributed by atoms with van der Waals surface area (Å²) >= 11 is 0. The zero-order valence-electron chi connectivity index (χ0n) is 8.61. The largest absolute Gasteiger partial charge is 1.00 e. The van der Waals surface area contributed by atoms with Crippen LogP contribution in [0.1, 0.15) is 6.92 Å². The molecule has 1 unspecified atom stereocenters. The van der Waals surface area contributed by atoms with E-state index in [1.54, 1.807) is 0 Å². The fraction of sp³-hybridized carbons (Fsp3) is 0.571. The third-order valence-electron chi connectivity index (χ3n) is 1.22. The fourth-order valence-corrected chi connectivity index (χ4v) is 0.962. The molecular weight excluding hydrogens is 218 g/mol. The van der Waals surface area contributed by atoms with Crippen molar-refractivity contribution in [1.29, 1.82) is 0 Å². The van der Waals surface area contributed by atoms with Crippen LogP contribution in [0.2, 0.25) is 0 Å². The summed E-state index contributed by atoms with van der Waals surface area (Å²) in [6.45, 7) is 4.61. The molecule has 5 nitrogen and oxygen atoms in total. The Morgan fingerprint density at radius 2 is 2.07 bits per heavy atom. The van der Waals surface area contributed by atoms with Crippen LogP contribution in [0.25, 0.3) is 0 Å². The van der Waals surface area contributed by atoms with E-state index in [2.05, 4.69) is 15.8 Å². The summed E-state index contributed by atoms with van der Waals surface area (Å²) in [7, 11) is -2.75. The van der Waals surface area contributed by atoms with Crippen LogP contribution < -0.4 is 34.5 Å². The first-order valence-electron chi connectivity index (χ1n) is 3.57. The van der Waals surface area contributed by atoms with E-state index < -0.39 is 13.6 Å². The topological polar surface area (TPSA) is 75.7 Å². The smallest absolute Gasteiger partial charge is 0.778 e. The predicted molar refractivity (Wildman–Crippen MR) is 45.3 cm³/mol. The van der Waals surface area contributed by atoms with E-state index in [9.17, 15) is 14.3 Å². The van der Waals surface area contributed by atoms with Crippen LogP contribution in [0, 0.1) is 0 Å². The van der Waals surface area contributed by atoms with Gasteiger partial charge in [0.25, 0.3) is 0 Å². The predicted octanol–water partition coefficient (Wildman–Crippen LogP) is -2.69. The molecule has 14 heavy (non-hydrogen) atoms. The van der Waals surface area contributed by atoms with Crippen LogP contribution in [0.5, 0.6) is 0 Å². The summed E-state index contributed by atoms with van der Waals surface area (Å²) in [5.74, 6) is -0.601. The molecule has 0 aliphatic rings. The van der Waals surface area contributed by atoms with Gasteiger partial charge >= 0.3 is 35.5 Å². The molecule has 0 aromatic carbocycles. The van der Waals surface area contributed by atoms with Gasteiger partial charge in [0.05, 0.1) is 6.61 Å². The number of carbonyl (C=O) groups excluding carboxylic acids is 1. The van der Waals surface area contributed by atoms with Crippen molar-refractivity contribution in [1.82, 2.24) is 0 Å². The normalized spacial score (nSPS) is 13.6. The zero-order valence-corrected chi connectivity index (χ0v) is 11.5. The molecule has 7 heteroatoms. The van der Waals surface area contributed by atoms with E-state index in [0.717, 1.165) is 7.11 Å². The van der Waals surface area contributed by atoms with Gasteiger partial charge in [-0.3, -0.25) is 0 Å². The zero-order chi connectivity index (χ0) is 10.5. The first-order valence-corrected chi connectivity index (χ1v) is 5.30. The Kier molecular flexibility index (Phi) is 9.14. The van der Waals surface area contributed by atoms with E-state index in [-0.39, 0.29) is 47.9 Å². The van der Waals surface area contributed by atoms with Gasteiger partial charge in [0.15, 0.2) is 0 Å². The molecule has 0 fully saturated rings. The van der Waals surface area contributed by atoms with Crippen LogP contribution in [0.3, 0.4) is 0 Å². The van der Waals surface area contributed by atoms with Gasteiger partial charge in [-0.1, -0.05) is 6.58 Å². The summed E-state index contributed by atoms with van der Waals surface area (Å²) < 4.78 is 19.5. The Morgan fingerprint density at radius 1 is 1.57 bits per heavy atom. The number of hydrogen-bond donors (Lipinski definition) is 0. The Hall–Kier alpha value is 0.360. The van der Waals surface area contributed by atoms with Crippen molar-refractivity contribution in [3.8, 4) is 0 Å². The van der Waals surface area contributed by atoms with Crippen LogP contribution in [0.15, 0.2) is 12.2 Å². The summed E-state index contributed by atoms with van der Waals surface area (Å²) in [5.41, 5.74) is 0.234. The van der Waals surface area contributed by atoms with Crippen molar-refractivity contribution in [3.05, 3.63) is 12.2 Å². The van der Waals surface area contributed by atoms with Gasteiger partial charge in [0.2, 0.25) is 0 Å². The number of rotatable bonds is 5. The van der Waals surface area contributed by atoms with Gasteiger partial charge in [-0.25, -0.2) is 4.79 Å². The molecule has 0 aliphatic heterocycles. The second-order valence-electron chi connectivity index (χ2n) is 2.43. The minimum atomic E-state index is -3.82. The second-order valence-corrected chi connectivity index (χ2v) is 4.47. The molecule has 0 radical (unpaired) electrons. The van der Waals surface area contributed by atoms with Crippen LogP contribution >= 0.6 is 7.60 Å². The van der Waals surface area contributed by atoms with Gasteiger partial charge in [0.1, 0.15) is 7.60 Å². The molecule has 0 amide bonds. The average Bonchev–Trinajstić information content (AvgIpc) is 2.04. The average molecular weight is 230 g/mol. The van der Waals surface area contributed by atoms with E-state index in [1.807, 2.05) is 0 Å². The maximum atomic E-state index is 10.8. The molecular formula is C7H12NaO5P. The molecule has 0 aliphatic carbocycles. The summed E-state index contributed by atoms with van der Waals surface area (Å²) in [5, 5.41) is 0. The van der Waals surface area contributed by atoms with E-state index in [4.69, 9.17) is 0 Å². The fourth-order valence-electron chi connectivity index (χ4n) is 0.465. The van der Waals surface area contributed by atoms with Crippen molar-refractivity contribution >= 4 is 13.6 Å². The molecule has 0 bridgehead atoms. The molecule has 0 saturated carbocycles. The van der Waals surface area contributed by atoms with Gasteiger partial charge < -0.3 is 18.7 Å². The number of ether oxygens (including phenoxy) is 1. The van der Waals surface area contributed by atoms with Crippen molar-refractivity contribution < 1.29 is 53.1 Å². The SMILES string of the molecule is C=C(C)C(=O)OCCP(=O)([O-])OC.[Na+]. The number of esters is 1. The first kappa shape index (κ1) is 16.8. The van der Waals surface area contributed by atoms with Crippen LogP contribution in [0.4, 0.5) is 0 Å². The van der Waals surface area contributed by atoms with E-state index >= 15 is 0 Å². The molecule has 0 rings (SSSR count).